The summed E-state index contributed by atoms with van der Waals surface area (Å²) >= 11 is 12.3. The third-order valence-corrected chi connectivity index (χ3v) is 7.43. The molecule has 0 saturated heterocycles. The Morgan fingerprint density at radius 2 is 1.69 bits per heavy atom. The molecule has 0 aliphatic carbocycles. The molecule has 1 N–H and O–H groups in total. The Bertz CT molecular complexity index is 1320. The molecule has 0 unspecified atom stereocenters. The highest BCUT2D eigenvalue weighted by molar-refractivity contribution is 7.92. The van der Waals surface area contributed by atoms with E-state index in [4.69, 9.17) is 32.7 Å². The van der Waals surface area contributed by atoms with Gasteiger partial charge in [0, 0.05) is 12.6 Å². The van der Waals surface area contributed by atoms with E-state index in [0.29, 0.717) is 28.8 Å². The van der Waals surface area contributed by atoms with Crippen LogP contribution in [0.15, 0.2) is 65.6 Å². The van der Waals surface area contributed by atoms with Crippen molar-refractivity contribution < 1.29 is 17.9 Å². The Morgan fingerprint density at radius 1 is 0.972 bits per heavy atom. The van der Waals surface area contributed by atoms with Crippen molar-refractivity contribution in [1.29, 1.82) is 5.26 Å². The van der Waals surface area contributed by atoms with Crippen molar-refractivity contribution in [2.45, 2.75) is 25.2 Å². The molecule has 3 aromatic carbocycles. The van der Waals surface area contributed by atoms with Gasteiger partial charge in [-0.05, 0) is 68.0 Å². The molecule has 36 heavy (non-hydrogen) atoms. The molecule has 0 amide bonds. The number of halogens is 2. The third-order valence-electron chi connectivity index (χ3n) is 5.40. The van der Waals surface area contributed by atoms with Gasteiger partial charge in [0.05, 0.1) is 27.2 Å². The minimum absolute atomic E-state index is 0.0399. The molecule has 0 heterocycles. The first kappa shape index (κ1) is 27.6. The first-order valence-electron chi connectivity index (χ1n) is 11.4. The van der Waals surface area contributed by atoms with E-state index in [9.17, 15) is 13.7 Å². The Labute approximate surface area is 222 Å². The zero-order valence-electron chi connectivity index (χ0n) is 20.0. The lowest BCUT2D eigenvalue weighted by Gasteiger charge is -2.18. The summed E-state index contributed by atoms with van der Waals surface area (Å²) in [5.74, 6) is 1.05. The highest BCUT2D eigenvalue weighted by Crippen LogP contribution is 2.31. The molecule has 0 radical (unpaired) electrons. The fourth-order valence-corrected chi connectivity index (χ4v) is 4.84. The molecule has 190 valence electrons. The van der Waals surface area contributed by atoms with Crippen molar-refractivity contribution in [3.63, 3.8) is 0 Å². The molecule has 0 saturated carbocycles. The van der Waals surface area contributed by atoms with E-state index in [2.05, 4.69) is 23.5 Å². The zero-order valence-corrected chi connectivity index (χ0v) is 22.3. The number of nitrogens with one attached hydrogen (secondary N) is 1. The Kier molecular flexibility index (Phi) is 9.85. The van der Waals surface area contributed by atoms with Gasteiger partial charge in [-0.1, -0.05) is 43.1 Å². The van der Waals surface area contributed by atoms with Crippen LogP contribution in [0.2, 0.25) is 10.0 Å². The summed E-state index contributed by atoms with van der Waals surface area (Å²) in [5, 5.41) is 9.96. The van der Waals surface area contributed by atoms with Crippen LogP contribution in [-0.2, 0) is 10.0 Å². The predicted molar refractivity (Wildman–Crippen MR) is 143 cm³/mol. The number of rotatable bonds is 12. The molecule has 0 aromatic heterocycles. The SMILES string of the molecule is CCN(CC)CCCOc1cc(NS(=O)(=O)c2ccc(Oc3cccc(Cl)c3C#N)cc2)ccc1Cl. The highest BCUT2D eigenvalue weighted by atomic mass is 35.5. The predicted octanol–water partition coefficient (Wildman–Crippen LogP) is 6.57. The summed E-state index contributed by atoms with van der Waals surface area (Å²) in [6.45, 7) is 7.55. The van der Waals surface area contributed by atoms with Crippen LogP contribution in [0.3, 0.4) is 0 Å². The van der Waals surface area contributed by atoms with Crippen molar-refractivity contribution in [2.24, 2.45) is 0 Å². The van der Waals surface area contributed by atoms with Crippen molar-refractivity contribution in [2.75, 3.05) is 31.0 Å². The van der Waals surface area contributed by atoms with Crippen LogP contribution in [0.4, 0.5) is 5.69 Å². The largest absolute Gasteiger partial charge is 0.492 e. The van der Waals surface area contributed by atoms with Gasteiger partial charge < -0.3 is 14.4 Å². The van der Waals surface area contributed by atoms with E-state index in [-0.39, 0.29) is 21.2 Å². The zero-order chi connectivity index (χ0) is 26.1. The minimum Gasteiger partial charge on any atom is -0.492 e. The number of sulfonamides is 1. The van der Waals surface area contributed by atoms with Crippen LogP contribution < -0.4 is 14.2 Å². The average Bonchev–Trinajstić information content (AvgIpc) is 2.86. The first-order valence-corrected chi connectivity index (χ1v) is 13.6. The van der Waals surface area contributed by atoms with Gasteiger partial charge in [-0.2, -0.15) is 5.26 Å². The number of nitriles is 1. The summed E-state index contributed by atoms with van der Waals surface area (Å²) in [6.07, 6.45) is 0.827. The number of hydrogen-bond donors (Lipinski definition) is 1. The summed E-state index contributed by atoms with van der Waals surface area (Å²) in [5.41, 5.74) is 0.530. The second kappa shape index (κ2) is 12.8. The third kappa shape index (κ3) is 7.28. The summed E-state index contributed by atoms with van der Waals surface area (Å²) < 4.78 is 39.9. The minimum atomic E-state index is -3.88. The quantitative estimate of drug-likeness (QED) is 0.258. The summed E-state index contributed by atoms with van der Waals surface area (Å²) in [6, 6.07) is 17.4. The maximum Gasteiger partial charge on any atom is 0.261 e. The smallest absolute Gasteiger partial charge is 0.261 e. The molecule has 3 aromatic rings. The van der Waals surface area contributed by atoms with Crippen LogP contribution in [-0.4, -0.2) is 39.6 Å². The van der Waals surface area contributed by atoms with Crippen LogP contribution in [0.5, 0.6) is 17.2 Å². The van der Waals surface area contributed by atoms with Gasteiger partial charge in [0.25, 0.3) is 10.0 Å². The number of anilines is 1. The molecule has 0 fully saturated rings. The topological polar surface area (TPSA) is 91.7 Å². The highest BCUT2D eigenvalue weighted by Gasteiger charge is 2.16. The Balaban J connectivity index is 1.67. The van der Waals surface area contributed by atoms with E-state index in [1.165, 1.54) is 24.3 Å². The molecule has 0 bridgehead atoms. The van der Waals surface area contributed by atoms with E-state index in [1.807, 2.05) is 6.07 Å². The van der Waals surface area contributed by atoms with Gasteiger partial charge in [0.15, 0.2) is 0 Å². The maximum atomic E-state index is 12.9. The van der Waals surface area contributed by atoms with Crippen molar-refractivity contribution in [1.82, 2.24) is 4.90 Å². The lowest BCUT2D eigenvalue weighted by atomic mass is 10.2. The first-order chi connectivity index (χ1) is 17.3. The molecule has 0 spiro atoms. The van der Waals surface area contributed by atoms with Gasteiger partial charge in [0.2, 0.25) is 0 Å². The van der Waals surface area contributed by atoms with Gasteiger partial charge in [-0.25, -0.2) is 8.42 Å². The van der Waals surface area contributed by atoms with Gasteiger partial charge in [-0.15, -0.1) is 0 Å². The van der Waals surface area contributed by atoms with E-state index < -0.39 is 10.0 Å². The van der Waals surface area contributed by atoms with Crippen LogP contribution in [0.25, 0.3) is 0 Å². The maximum absolute atomic E-state index is 12.9. The molecular formula is C26H27Cl2N3O4S. The van der Waals surface area contributed by atoms with Gasteiger partial charge >= 0.3 is 0 Å². The van der Waals surface area contributed by atoms with Crippen LogP contribution in [0.1, 0.15) is 25.8 Å². The molecule has 0 aliphatic rings. The lowest BCUT2D eigenvalue weighted by molar-refractivity contribution is 0.249. The Hall–Kier alpha value is -2.96. The van der Waals surface area contributed by atoms with Crippen molar-refractivity contribution >= 4 is 38.9 Å². The molecular weight excluding hydrogens is 521 g/mol. The number of ether oxygens (including phenoxy) is 2. The lowest BCUT2D eigenvalue weighted by Crippen LogP contribution is -2.25. The van der Waals surface area contributed by atoms with E-state index in [1.54, 1.807) is 36.4 Å². The van der Waals surface area contributed by atoms with Crippen molar-refractivity contribution in [3.8, 4) is 23.3 Å². The van der Waals surface area contributed by atoms with Gasteiger partial charge in [-0.3, -0.25) is 4.72 Å². The summed E-state index contributed by atoms with van der Waals surface area (Å²) in [7, 11) is -3.88. The molecule has 7 nitrogen and oxygen atoms in total. The van der Waals surface area contributed by atoms with Gasteiger partial charge in [0.1, 0.15) is 28.9 Å². The Morgan fingerprint density at radius 3 is 2.36 bits per heavy atom. The van der Waals surface area contributed by atoms with Crippen LogP contribution in [0, 0.1) is 11.3 Å². The normalized spacial score (nSPS) is 11.2. The van der Waals surface area contributed by atoms with Crippen LogP contribution >= 0.6 is 23.2 Å². The molecule has 3 rings (SSSR count). The number of hydrogen-bond acceptors (Lipinski definition) is 6. The number of benzene rings is 3. The molecule has 10 heteroatoms. The summed E-state index contributed by atoms with van der Waals surface area (Å²) in [4.78, 5) is 2.33. The van der Waals surface area contributed by atoms with E-state index in [0.717, 1.165) is 26.1 Å². The second-order valence-electron chi connectivity index (χ2n) is 7.78. The molecule has 0 atom stereocenters. The van der Waals surface area contributed by atoms with Crippen molar-refractivity contribution in [3.05, 3.63) is 76.3 Å². The standard InChI is InChI=1S/C26H27Cl2N3O4S/c1-3-31(4-2)15-6-16-34-26-17-19(9-14-24(26)28)30-36(32,33)21-12-10-20(11-13-21)35-25-8-5-7-23(27)22(25)18-29/h5,7-14,17,30H,3-4,6,15-16H2,1-2H3. The average molecular weight is 548 g/mol. The fraction of sp³-hybridized carbons (Fsp3) is 0.269. The van der Waals surface area contributed by atoms with E-state index >= 15 is 0 Å². The fourth-order valence-electron chi connectivity index (χ4n) is 3.41. The number of nitrogens with zero attached hydrogens (tertiary/aromatic N) is 2. The second-order valence-corrected chi connectivity index (χ2v) is 10.3. The molecule has 0 aliphatic heterocycles. The monoisotopic (exact) mass is 547 g/mol.